The number of halogens is 1. The Bertz CT molecular complexity index is 505. The Labute approximate surface area is 104 Å². The molecule has 4 heteroatoms. The zero-order valence-electron chi connectivity index (χ0n) is 9.70. The van der Waals surface area contributed by atoms with Gasteiger partial charge in [0.05, 0.1) is 23.7 Å². The van der Waals surface area contributed by atoms with E-state index in [9.17, 15) is 0 Å². The van der Waals surface area contributed by atoms with E-state index in [1.807, 2.05) is 22.9 Å². The van der Waals surface area contributed by atoms with Crippen LogP contribution in [0, 0.1) is 0 Å². The van der Waals surface area contributed by atoms with E-state index in [2.05, 4.69) is 34.9 Å². The number of methoxy groups -OCH3 is 1. The number of nitrogens with zero attached hydrogens (tertiary/aromatic N) is 2. The summed E-state index contributed by atoms with van der Waals surface area (Å²) in [7, 11) is 1.69. The van der Waals surface area contributed by atoms with Gasteiger partial charge in [-0.15, -0.1) is 0 Å². The van der Waals surface area contributed by atoms with Gasteiger partial charge in [0.25, 0.3) is 0 Å². The van der Waals surface area contributed by atoms with Crippen LogP contribution in [-0.2, 0) is 5.33 Å². The number of fused-ring (bicyclic) bond motifs is 1. The van der Waals surface area contributed by atoms with Gasteiger partial charge in [-0.05, 0) is 26.0 Å². The molecule has 3 nitrogen and oxygen atoms in total. The van der Waals surface area contributed by atoms with Gasteiger partial charge < -0.3 is 4.74 Å². The van der Waals surface area contributed by atoms with Gasteiger partial charge in [-0.25, -0.2) is 0 Å². The second-order valence-corrected chi connectivity index (χ2v) is 4.53. The molecule has 0 fully saturated rings. The maximum absolute atomic E-state index is 5.39. The first-order valence-electron chi connectivity index (χ1n) is 5.29. The highest BCUT2D eigenvalue weighted by atomic mass is 79.9. The molecule has 0 atom stereocenters. The Balaban J connectivity index is 2.78. The summed E-state index contributed by atoms with van der Waals surface area (Å²) in [6.07, 6.45) is 0. The van der Waals surface area contributed by atoms with Crippen molar-refractivity contribution in [3.63, 3.8) is 0 Å². The Morgan fingerprint density at radius 2 is 2.19 bits per heavy atom. The topological polar surface area (TPSA) is 27.1 Å². The molecular formula is C12H15BrN2O. The van der Waals surface area contributed by atoms with Crippen LogP contribution in [0.1, 0.15) is 25.6 Å². The summed E-state index contributed by atoms with van der Waals surface area (Å²) >= 11 is 3.52. The molecule has 2 rings (SSSR count). The minimum atomic E-state index is 0.352. The highest BCUT2D eigenvalue weighted by Crippen LogP contribution is 2.31. The molecule has 0 unspecified atom stereocenters. The Morgan fingerprint density at radius 1 is 1.44 bits per heavy atom. The molecule has 16 heavy (non-hydrogen) atoms. The molecule has 0 aliphatic heterocycles. The van der Waals surface area contributed by atoms with E-state index in [-0.39, 0.29) is 0 Å². The zero-order chi connectivity index (χ0) is 11.7. The fraction of sp³-hybridized carbons (Fsp3) is 0.417. The molecule has 0 N–H and O–H groups in total. The molecule has 0 spiro atoms. The van der Waals surface area contributed by atoms with Crippen molar-refractivity contribution in [2.24, 2.45) is 0 Å². The van der Waals surface area contributed by atoms with Gasteiger partial charge in [-0.3, -0.25) is 4.68 Å². The van der Waals surface area contributed by atoms with Gasteiger partial charge in [0.15, 0.2) is 0 Å². The maximum Gasteiger partial charge on any atom is 0.130 e. The molecule has 0 bridgehead atoms. The molecular weight excluding hydrogens is 268 g/mol. The van der Waals surface area contributed by atoms with Gasteiger partial charge in [0, 0.05) is 11.4 Å². The normalized spacial score (nSPS) is 11.3. The predicted molar refractivity (Wildman–Crippen MR) is 69.3 cm³/mol. The van der Waals surface area contributed by atoms with Gasteiger partial charge in [0.2, 0.25) is 0 Å². The van der Waals surface area contributed by atoms with E-state index in [1.165, 1.54) is 5.69 Å². The summed E-state index contributed by atoms with van der Waals surface area (Å²) in [4.78, 5) is 0. The van der Waals surface area contributed by atoms with Gasteiger partial charge in [-0.1, -0.05) is 22.0 Å². The standard InChI is InChI=1S/C12H15BrN2O/c1-8(2)15-10(7-13)12-9(14-15)5-4-6-11(12)16-3/h4-6,8H,7H2,1-3H3. The van der Waals surface area contributed by atoms with Crippen molar-refractivity contribution in [1.82, 2.24) is 9.78 Å². The van der Waals surface area contributed by atoms with E-state index >= 15 is 0 Å². The van der Waals surface area contributed by atoms with Crippen LogP contribution >= 0.6 is 15.9 Å². The van der Waals surface area contributed by atoms with Gasteiger partial charge >= 0.3 is 0 Å². The molecule has 0 radical (unpaired) electrons. The van der Waals surface area contributed by atoms with Crippen molar-refractivity contribution in [3.05, 3.63) is 23.9 Å². The summed E-state index contributed by atoms with van der Waals surface area (Å²) in [6, 6.07) is 6.31. The number of hydrogen-bond donors (Lipinski definition) is 0. The third kappa shape index (κ3) is 1.71. The lowest BCUT2D eigenvalue weighted by atomic mass is 10.2. The lowest BCUT2D eigenvalue weighted by Crippen LogP contribution is -2.06. The molecule has 1 aromatic heterocycles. The fourth-order valence-corrected chi connectivity index (χ4v) is 2.45. The van der Waals surface area contributed by atoms with Crippen molar-refractivity contribution >= 4 is 26.8 Å². The molecule has 0 saturated carbocycles. The molecule has 0 aliphatic rings. The monoisotopic (exact) mass is 282 g/mol. The van der Waals surface area contributed by atoms with Crippen LogP contribution in [0.15, 0.2) is 18.2 Å². The molecule has 0 amide bonds. The van der Waals surface area contributed by atoms with Crippen molar-refractivity contribution in [1.29, 1.82) is 0 Å². The summed E-state index contributed by atoms with van der Waals surface area (Å²) < 4.78 is 7.43. The zero-order valence-corrected chi connectivity index (χ0v) is 11.3. The van der Waals surface area contributed by atoms with Crippen LogP contribution in [0.3, 0.4) is 0 Å². The first-order chi connectivity index (χ1) is 7.69. The second kappa shape index (κ2) is 4.45. The quantitative estimate of drug-likeness (QED) is 0.806. The first kappa shape index (κ1) is 11.5. The Morgan fingerprint density at radius 3 is 2.75 bits per heavy atom. The van der Waals surface area contributed by atoms with E-state index in [1.54, 1.807) is 7.11 Å². The summed E-state index contributed by atoms with van der Waals surface area (Å²) in [6.45, 7) is 4.26. The van der Waals surface area contributed by atoms with Crippen LogP contribution in [-0.4, -0.2) is 16.9 Å². The molecule has 2 aromatic rings. The average molecular weight is 283 g/mol. The van der Waals surface area contributed by atoms with E-state index in [0.717, 1.165) is 22.0 Å². The van der Waals surface area contributed by atoms with Crippen LogP contribution in [0.5, 0.6) is 5.75 Å². The third-order valence-corrected chi connectivity index (χ3v) is 3.15. The lowest BCUT2D eigenvalue weighted by molar-refractivity contribution is 0.419. The number of aromatic nitrogens is 2. The lowest BCUT2D eigenvalue weighted by Gasteiger charge is -2.09. The van der Waals surface area contributed by atoms with Crippen LogP contribution in [0.4, 0.5) is 0 Å². The highest BCUT2D eigenvalue weighted by molar-refractivity contribution is 9.08. The predicted octanol–water partition coefficient (Wildman–Crippen LogP) is 3.52. The molecule has 0 saturated heterocycles. The fourth-order valence-electron chi connectivity index (χ4n) is 1.91. The molecule has 1 aromatic carbocycles. The number of alkyl halides is 1. The first-order valence-corrected chi connectivity index (χ1v) is 6.41. The minimum absolute atomic E-state index is 0.352. The third-order valence-electron chi connectivity index (χ3n) is 2.62. The molecule has 86 valence electrons. The minimum Gasteiger partial charge on any atom is -0.496 e. The van der Waals surface area contributed by atoms with Crippen molar-refractivity contribution < 1.29 is 4.74 Å². The number of ether oxygens (including phenoxy) is 1. The van der Waals surface area contributed by atoms with Gasteiger partial charge in [-0.2, -0.15) is 5.10 Å². The molecule has 1 heterocycles. The largest absolute Gasteiger partial charge is 0.496 e. The van der Waals surface area contributed by atoms with E-state index < -0.39 is 0 Å². The Hall–Kier alpha value is -1.03. The summed E-state index contributed by atoms with van der Waals surface area (Å²) in [5.41, 5.74) is 2.16. The van der Waals surface area contributed by atoms with Crippen LogP contribution in [0.2, 0.25) is 0 Å². The number of hydrogen-bond acceptors (Lipinski definition) is 2. The second-order valence-electron chi connectivity index (χ2n) is 3.97. The highest BCUT2D eigenvalue weighted by Gasteiger charge is 2.15. The van der Waals surface area contributed by atoms with E-state index in [0.29, 0.717) is 6.04 Å². The van der Waals surface area contributed by atoms with Crippen molar-refractivity contribution in [2.75, 3.05) is 7.11 Å². The number of rotatable bonds is 3. The van der Waals surface area contributed by atoms with Crippen molar-refractivity contribution in [2.45, 2.75) is 25.2 Å². The summed E-state index contributed by atoms with van der Waals surface area (Å²) in [5.74, 6) is 0.888. The average Bonchev–Trinajstić information content (AvgIpc) is 2.67. The Kier molecular flexibility index (Phi) is 3.19. The maximum atomic E-state index is 5.39. The number of benzene rings is 1. The molecule has 0 aliphatic carbocycles. The van der Waals surface area contributed by atoms with Crippen LogP contribution < -0.4 is 4.74 Å². The smallest absolute Gasteiger partial charge is 0.130 e. The van der Waals surface area contributed by atoms with Crippen molar-refractivity contribution in [3.8, 4) is 5.75 Å². The summed E-state index contributed by atoms with van der Waals surface area (Å²) in [5, 5.41) is 6.49. The van der Waals surface area contributed by atoms with Gasteiger partial charge in [0.1, 0.15) is 5.75 Å². The SMILES string of the molecule is COc1cccc2nn(C(C)C)c(CBr)c12. The van der Waals surface area contributed by atoms with E-state index in [4.69, 9.17) is 4.74 Å². The van der Waals surface area contributed by atoms with Crippen LogP contribution in [0.25, 0.3) is 10.9 Å².